The van der Waals surface area contributed by atoms with Crippen molar-refractivity contribution in [3.8, 4) is 0 Å². The van der Waals surface area contributed by atoms with Crippen LogP contribution in [0, 0.1) is 0 Å². The van der Waals surface area contributed by atoms with Crippen molar-refractivity contribution in [1.82, 2.24) is 19.8 Å². The molecular formula is C12H24N4. The molecular weight excluding hydrogens is 200 g/mol. The van der Waals surface area contributed by atoms with Gasteiger partial charge in [0.1, 0.15) is 5.82 Å². The van der Waals surface area contributed by atoms with Crippen LogP contribution in [0.5, 0.6) is 0 Å². The maximum atomic E-state index is 4.48. The molecule has 0 aliphatic carbocycles. The number of aryl methyl sites for hydroxylation is 1. The van der Waals surface area contributed by atoms with E-state index in [4.69, 9.17) is 0 Å². The highest BCUT2D eigenvalue weighted by Crippen LogP contribution is 2.12. The monoisotopic (exact) mass is 224 g/mol. The fraction of sp³-hybridized carbons (Fsp3) is 0.750. The predicted octanol–water partition coefficient (Wildman–Crippen LogP) is 1.51. The molecule has 1 aromatic rings. The Bertz CT molecular complexity index is 293. The molecule has 1 heterocycles. The number of nitrogens with zero attached hydrogens (tertiary/aromatic N) is 3. The third kappa shape index (κ3) is 3.61. The molecule has 92 valence electrons. The maximum Gasteiger partial charge on any atom is 0.127 e. The van der Waals surface area contributed by atoms with Gasteiger partial charge in [-0.15, -0.1) is 0 Å². The molecule has 1 unspecified atom stereocenters. The van der Waals surface area contributed by atoms with Crippen LogP contribution < -0.4 is 5.32 Å². The van der Waals surface area contributed by atoms with Crippen LogP contribution in [0.25, 0.3) is 0 Å². The van der Waals surface area contributed by atoms with Crippen molar-refractivity contribution in [2.45, 2.75) is 32.9 Å². The molecule has 0 bridgehead atoms. The van der Waals surface area contributed by atoms with Gasteiger partial charge in [-0.1, -0.05) is 13.8 Å². The van der Waals surface area contributed by atoms with E-state index in [-0.39, 0.29) is 0 Å². The van der Waals surface area contributed by atoms with Gasteiger partial charge >= 0.3 is 0 Å². The third-order valence-electron chi connectivity index (χ3n) is 2.52. The maximum absolute atomic E-state index is 4.48. The van der Waals surface area contributed by atoms with Crippen molar-refractivity contribution in [1.29, 1.82) is 0 Å². The number of aromatic nitrogens is 2. The minimum absolute atomic E-state index is 0.321. The van der Waals surface area contributed by atoms with E-state index in [0.717, 1.165) is 31.9 Å². The van der Waals surface area contributed by atoms with Crippen molar-refractivity contribution in [2.24, 2.45) is 0 Å². The molecule has 4 nitrogen and oxygen atoms in total. The van der Waals surface area contributed by atoms with Crippen molar-refractivity contribution in [3.05, 3.63) is 18.2 Å². The zero-order valence-corrected chi connectivity index (χ0v) is 10.9. The lowest BCUT2D eigenvalue weighted by atomic mass is 10.2. The molecule has 0 saturated heterocycles. The van der Waals surface area contributed by atoms with Gasteiger partial charge in [-0.3, -0.25) is 0 Å². The summed E-state index contributed by atoms with van der Waals surface area (Å²) < 4.78 is 2.25. The van der Waals surface area contributed by atoms with Crippen LogP contribution in [0.15, 0.2) is 12.4 Å². The SMILES string of the molecule is CCCn1ccnc1C(CN(C)C)NCC. The minimum atomic E-state index is 0.321. The average Bonchev–Trinajstić information content (AvgIpc) is 2.65. The van der Waals surface area contributed by atoms with Crippen molar-refractivity contribution in [2.75, 3.05) is 27.2 Å². The normalized spacial score (nSPS) is 13.3. The molecule has 0 saturated carbocycles. The first kappa shape index (κ1) is 13.2. The second-order valence-corrected chi connectivity index (χ2v) is 4.35. The molecule has 1 N–H and O–H groups in total. The molecule has 4 heteroatoms. The minimum Gasteiger partial charge on any atom is -0.334 e. The number of hydrogen-bond donors (Lipinski definition) is 1. The van der Waals surface area contributed by atoms with Gasteiger partial charge in [0.2, 0.25) is 0 Å². The Morgan fingerprint density at radius 1 is 1.44 bits per heavy atom. The average molecular weight is 224 g/mol. The zero-order chi connectivity index (χ0) is 12.0. The van der Waals surface area contributed by atoms with Crippen LogP contribution in [0.2, 0.25) is 0 Å². The molecule has 1 aromatic heterocycles. The van der Waals surface area contributed by atoms with E-state index in [1.165, 1.54) is 0 Å². The van der Waals surface area contributed by atoms with E-state index in [9.17, 15) is 0 Å². The fourth-order valence-electron chi connectivity index (χ4n) is 1.91. The van der Waals surface area contributed by atoms with Crippen LogP contribution in [0.3, 0.4) is 0 Å². The third-order valence-corrected chi connectivity index (χ3v) is 2.52. The highest BCUT2D eigenvalue weighted by molar-refractivity contribution is 5.00. The van der Waals surface area contributed by atoms with Gasteiger partial charge in [0, 0.05) is 25.5 Å². The van der Waals surface area contributed by atoms with Gasteiger partial charge < -0.3 is 14.8 Å². The first-order valence-corrected chi connectivity index (χ1v) is 6.08. The Labute approximate surface area is 98.7 Å². The summed E-state index contributed by atoms with van der Waals surface area (Å²) in [5.41, 5.74) is 0. The Balaban J connectivity index is 2.78. The lowest BCUT2D eigenvalue weighted by Gasteiger charge is -2.22. The first-order chi connectivity index (χ1) is 7.69. The van der Waals surface area contributed by atoms with Gasteiger partial charge in [-0.05, 0) is 27.1 Å². The van der Waals surface area contributed by atoms with Gasteiger partial charge in [-0.2, -0.15) is 0 Å². The largest absolute Gasteiger partial charge is 0.334 e. The molecule has 0 fully saturated rings. The highest BCUT2D eigenvalue weighted by Gasteiger charge is 2.16. The van der Waals surface area contributed by atoms with Crippen molar-refractivity contribution >= 4 is 0 Å². The summed E-state index contributed by atoms with van der Waals surface area (Å²) in [5, 5.41) is 3.49. The molecule has 0 aromatic carbocycles. The van der Waals surface area contributed by atoms with Crippen LogP contribution >= 0.6 is 0 Å². The number of nitrogens with one attached hydrogen (secondary N) is 1. The molecule has 1 rings (SSSR count). The molecule has 16 heavy (non-hydrogen) atoms. The summed E-state index contributed by atoms with van der Waals surface area (Å²) in [5.74, 6) is 1.15. The first-order valence-electron chi connectivity index (χ1n) is 6.08. The van der Waals surface area contributed by atoms with Crippen molar-refractivity contribution in [3.63, 3.8) is 0 Å². The van der Waals surface area contributed by atoms with Crippen LogP contribution in [-0.2, 0) is 6.54 Å². The lowest BCUT2D eigenvalue weighted by Crippen LogP contribution is -2.33. The molecule has 1 atom stereocenters. The van der Waals surface area contributed by atoms with Gasteiger partial charge in [0.05, 0.1) is 6.04 Å². The van der Waals surface area contributed by atoms with Crippen LogP contribution in [0.1, 0.15) is 32.1 Å². The molecule has 0 radical (unpaired) electrons. The summed E-state index contributed by atoms with van der Waals surface area (Å²) in [6.45, 7) is 7.32. The Kier molecular flexibility index (Phi) is 5.49. The molecule has 0 amide bonds. The molecule has 0 aliphatic rings. The second kappa shape index (κ2) is 6.66. The topological polar surface area (TPSA) is 33.1 Å². The van der Waals surface area contributed by atoms with E-state index >= 15 is 0 Å². The summed E-state index contributed by atoms with van der Waals surface area (Å²) in [7, 11) is 4.19. The van der Waals surface area contributed by atoms with Crippen LogP contribution in [-0.4, -0.2) is 41.6 Å². The summed E-state index contributed by atoms with van der Waals surface area (Å²) in [4.78, 5) is 6.67. The Morgan fingerprint density at radius 3 is 2.75 bits per heavy atom. The zero-order valence-electron chi connectivity index (χ0n) is 10.9. The number of likely N-dealkylation sites (N-methyl/N-ethyl adjacent to an activating group) is 2. The second-order valence-electron chi connectivity index (χ2n) is 4.35. The Morgan fingerprint density at radius 2 is 2.19 bits per heavy atom. The highest BCUT2D eigenvalue weighted by atomic mass is 15.2. The van der Waals surface area contributed by atoms with E-state index in [2.05, 4.69) is 53.9 Å². The van der Waals surface area contributed by atoms with Gasteiger partial charge in [0.15, 0.2) is 0 Å². The quantitative estimate of drug-likeness (QED) is 0.762. The van der Waals surface area contributed by atoms with E-state index in [1.807, 2.05) is 6.20 Å². The molecule has 0 spiro atoms. The summed E-state index contributed by atoms with van der Waals surface area (Å²) in [6, 6.07) is 0.321. The Hall–Kier alpha value is -0.870. The van der Waals surface area contributed by atoms with Crippen molar-refractivity contribution < 1.29 is 0 Å². The molecule has 0 aliphatic heterocycles. The fourth-order valence-corrected chi connectivity index (χ4v) is 1.91. The number of hydrogen-bond acceptors (Lipinski definition) is 3. The van der Waals surface area contributed by atoms with Gasteiger partial charge in [-0.25, -0.2) is 4.98 Å². The van der Waals surface area contributed by atoms with Gasteiger partial charge in [0.25, 0.3) is 0 Å². The van der Waals surface area contributed by atoms with E-state index in [0.29, 0.717) is 6.04 Å². The smallest absolute Gasteiger partial charge is 0.127 e. The number of rotatable bonds is 7. The van der Waals surface area contributed by atoms with Crippen LogP contribution in [0.4, 0.5) is 0 Å². The van der Waals surface area contributed by atoms with E-state index in [1.54, 1.807) is 0 Å². The number of imidazole rings is 1. The standard InChI is InChI=1S/C12H24N4/c1-5-8-16-9-7-14-12(16)11(13-6-2)10-15(3)4/h7,9,11,13H,5-6,8,10H2,1-4H3. The lowest BCUT2D eigenvalue weighted by molar-refractivity contribution is 0.330. The summed E-state index contributed by atoms with van der Waals surface area (Å²) >= 11 is 0. The predicted molar refractivity (Wildman–Crippen MR) is 67.5 cm³/mol. The van der Waals surface area contributed by atoms with E-state index < -0.39 is 0 Å². The summed E-state index contributed by atoms with van der Waals surface area (Å²) in [6.07, 6.45) is 5.11.